The first-order valence-electron chi connectivity index (χ1n) is 8.19. The molecule has 0 radical (unpaired) electrons. The van der Waals surface area contributed by atoms with E-state index in [1.807, 2.05) is 49.7 Å². The zero-order chi connectivity index (χ0) is 18.0. The van der Waals surface area contributed by atoms with Gasteiger partial charge in [0.05, 0.1) is 23.8 Å². The normalized spacial score (nSPS) is 10.7. The standard InChI is InChI=1S/C17H13FN4O.C2H6/c1-11-2-3-16-20-12(10-22(16)8-11)9-21-5-4-13-14(17(21)23)6-19-7-15(13)18;1-2/h2-8,10H,9H2,1H3;1-2H3. The van der Waals surface area contributed by atoms with Crippen LogP contribution in [-0.4, -0.2) is 18.9 Å². The maximum atomic E-state index is 13.7. The number of hydrogen-bond donors (Lipinski definition) is 0. The maximum absolute atomic E-state index is 13.7. The van der Waals surface area contributed by atoms with Crippen LogP contribution in [0.5, 0.6) is 0 Å². The lowest BCUT2D eigenvalue weighted by atomic mass is 10.2. The van der Waals surface area contributed by atoms with E-state index in [1.165, 1.54) is 10.8 Å². The van der Waals surface area contributed by atoms with Crippen molar-refractivity contribution in [2.45, 2.75) is 27.3 Å². The third-order valence-corrected chi connectivity index (χ3v) is 3.83. The first-order chi connectivity index (χ1) is 12.1. The van der Waals surface area contributed by atoms with E-state index in [1.54, 1.807) is 12.3 Å². The predicted molar refractivity (Wildman–Crippen MR) is 96.3 cm³/mol. The summed E-state index contributed by atoms with van der Waals surface area (Å²) in [5.74, 6) is -0.491. The van der Waals surface area contributed by atoms with Crippen molar-refractivity contribution in [3.8, 4) is 0 Å². The number of hydrogen-bond acceptors (Lipinski definition) is 3. The molecule has 0 unspecified atom stereocenters. The average Bonchev–Trinajstić information content (AvgIpc) is 3.01. The van der Waals surface area contributed by atoms with E-state index in [-0.39, 0.29) is 16.3 Å². The fourth-order valence-corrected chi connectivity index (χ4v) is 2.70. The summed E-state index contributed by atoms with van der Waals surface area (Å²) in [6.45, 7) is 6.33. The first-order valence-corrected chi connectivity index (χ1v) is 8.19. The predicted octanol–water partition coefficient (Wildman–Crippen LogP) is 3.57. The third-order valence-electron chi connectivity index (χ3n) is 3.83. The molecule has 25 heavy (non-hydrogen) atoms. The molecule has 0 aliphatic rings. The molecule has 0 spiro atoms. The lowest BCUT2D eigenvalue weighted by Crippen LogP contribution is -2.20. The molecule has 0 saturated carbocycles. The van der Waals surface area contributed by atoms with Crippen LogP contribution >= 0.6 is 0 Å². The Kier molecular flexibility index (Phi) is 4.61. The minimum absolute atomic E-state index is 0.270. The number of aryl methyl sites for hydroxylation is 1. The van der Waals surface area contributed by atoms with Gasteiger partial charge in [-0.3, -0.25) is 9.78 Å². The Bertz CT molecular complexity index is 1100. The van der Waals surface area contributed by atoms with Crippen molar-refractivity contribution in [1.29, 1.82) is 0 Å². The van der Waals surface area contributed by atoms with E-state index < -0.39 is 5.82 Å². The number of fused-ring (bicyclic) bond motifs is 2. The number of pyridine rings is 3. The van der Waals surface area contributed by atoms with Gasteiger partial charge in [0.15, 0.2) is 0 Å². The van der Waals surface area contributed by atoms with Crippen molar-refractivity contribution in [3.05, 3.63) is 76.6 Å². The van der Waals surface area contributed by atoms with Crippen LogP contribution in [0.1, 0.15) is 25.1 Å². The highest BCUT2D eigenvalue weighted by molar-refractivity contribution is 5.80. The van der Waals surface area contributed by atoms with Gasteiger partial charge in [-0.05, 0) is 24.6 Å². The average molecular weight is 338 g/mol. The fourth-order valence-electron chi connectivity index (χ4n) is 2.70. The lowest BCUT2D eigenvalue weighted by molar-refractivity contribution is 0.632. The molecule has 0 aliphatic heterocycles. The Morgan fingerprint density at radius 3 is 2.68 bits per heavy atom. The largest absolute Gasteiger partial charge is 0.309 e. The Balaban J connectivity index is 0.000000880. The molecule has 0 bridgehead atoms. The van der Waals surface area contributed by atoms with Crippen molar-refractivity contribution in [2.24, 2.45) is 0 Å². The number of nitrogens with zero attached hydrogens (tertiary/aromatic N) is 4. The van der Waals surface area contributed by atoms with Gasteiger partial charge in [-0.1, -0.05) is 19.9 Å². The first kappa shape index (κ1) is 16.8. The summed E-state index contributed by atoms with van der Waals surface area (Å²) >= 11 is 0. The Labute approximate surface area is 144 Å². The Hall–Kier alpha value is -3.02. The quantitative estimate of drug-likeness (QED) is 0.561. The maximum Gasteiger partial charge on any atom is 0.260 e. The van der Waals surface area contributed by atoms with Crippen LogP contribution in [-0.2, 0) is 6.54 Å². The lowest BCUT2D eigenvalue weighted by Gasteiger charge is -2.05. The van der Waals surface area contributed by atoms with Gasteiger partial charge in [0.25, 0.3) is 5.56 Å². The topological polar surface area (TPSA) is 52.2 Å². The van der Waals surface area contributed by atoms with Gasteiger partial charge in [0.2, 0.25) is 0 Å². The summed E-state index contributed by atoms with van der Waals surface area (Å²) in [7, 11) is 0. The summed E-state index contributed by atoms with van der Waals surface area (Å²) in [6, 6.07) is 5.51. The van der Waals surface area contributed by atoms with Gasteiger partial charge < -0.3 is 8.97 Å². The molecule has 0 amide bonds. The monoisotopic (exact) mass is 338 g/mol. The van der Waals surface area contributed by atoms with Gasteiger partial charge in [-0.15, -0.1) is 0 Å². The molecule has 4 aromatic rings. The van der Waals surface area contributed by atoms with E-state index in [0.29, 0.717) is 6.54 Å². The van der Waals surface area contributed by atoms with Crippen LogP contribution in [0.2, 0.25) is 0 Å². The number of halogens is 1. The second-order valence-corrected chi connectivity index (χ2v) is 5.54. The Morgan fingerprint density at radius 1 is 1.08 bits per heavy atom. The van der Waals surface area contributed by atoms with Gasteiger partial charge in [-0.25, -0.2) is 9.37 Å². The summed E-state index contributed by atoms with van der Waals surface area (Å²) < 4.78 is 17.1. The van der Waals surface area contributed by atoms with Crippen molar-refractivity contribution in [2.75, 3.05) is 0 Å². The smallest absolute Gasteiger partial charge is 0.260 e. The van der Waals surface area contributed by atoms with Crippen LogP contribution in [0.4, 0.5) is 4.39 Å². The highest BCUT2D eigenvalue weighted by Crippen LogP contribution is 2.13. The Morgan fingerprint density at radius 2 is 1.88 bits per heavy atom. The van der Waals surface area contributed by atoms with Gasteiger partial charge in [0.1, 0.15) is 11.5 Å². The van der Waals surface area contributed by atoms with Crippen molar-refractivity contribution in [3.63, 3.8) is 0 Å². The highest BCUT2D eigenvalue weighted by Gasteiger charge is 2.09. The summed E-state index contributed by atoms with van der Waals surface area (Å²) in [5.41, 5.74) is 2.45. The SMILES string of the molecule is CC.Cc1ccc2nc(Cn3ccc4c(F)cncc4c3=O)cn2c1. The van der Waals surface area contributed by atoms with Crippen LogP contribution < -0.4 is 5.56 Å². The zero-order valence-corrected chi connectivity index (χ0v) is 14.4. The summed E-state index contributed by atoms with van der Waals surface area (Å²) in [4.78, 5) is 20.7. The van der Waals surface area contributed by atoms with E-state index >= 15 is 0 Å². The summed E-state index contributed by atoms with van der Waals surface area (Å²) in [6.07, 6.45) is 7.96. The van der Waals surface area contributed by atoms with E-state index in [0.717, 1.165) is 23.1 Å². The molecule has 5 nitrogen and oxygen atoms in total. The van der Waals surface area contributed by atoms with Crippen LogP contribution in [0.25, 0.3) is 16.4 Å². The molecule has 4 rings (SSSR count). The second kappa shape index (κ2) is 6.84. The van der Waals surface area contributed by atoms with Crippen LogP contribution in [0.3, 0.4) is 0 Å². The fraction of sp³-hybridized carbons (Fsp3) is 0.211. The van der Waals surface area contributed by atoms with Gasteiger partial charge in [0, 0.05) is 30.2 Å². The molecule has 0 atom stereocenters. The van der Waals surface area contributed by atoms with Crippen LogP contribution in [0, 0.1) is 12.7 Å². The zero-order valence-electron chi connectivity index (χ0n) is 14.4. The van der Waals surface area contributed by atoms with Crippen molar-refractivity contribution in [1.82, 2.24) is 18.9 Å². The summed E-state index contributed by atoms with van der Waals surface area (Å²) in [5, 5.41) is 0.555. The molecule has 6 heteroatoms. The van der Waals surface area contributed by atoms with Crippen molar-refractivity contribution >= 4 is 16.4 Å². The molecule has 0 fully saturated rings. The minimum atomic E-state index is -0.491. The second-order valence-electron chi connectivity index (χ2n) is 5.54. The molecule has 0 aliphatic carbocycles. The molecular formula is C19H19FN4O. The number of aromatic nitrogens is 4. The molecule has 0 N–H and O–H groups in total. The van der Waals surface area contributed by atoms with Crippen LogP contribution in [0.15, 0.2) is 54.0 Å². The van der Waals surface area contributed by atoms with Gasteiger partial charge >= 0.3 is 0 Å². The van der Waals surface area contributed by atoms with Crippen molar-refractivity contribution < 1.29 is 4.39 Å². The molecule has 128 valence electrons. The number of imidazole rings is 1. The molecular weight excluding hydrogens is 319 g/mol. The minimum Gasteiger partial charge on any atom is -0.309 e. The van der Waals surface area contributed by atoms with E-state index in [9.17, 15) is 9.18 Å². The molecule has 0 aromatic carbocycles. The van der Waals surface area contributed by atoms with E-state index in [2.05, 4.69) is 9.97 Å². The van der Waals surface area contributed by atoms with E-state index in [4.69, 9.17) is 0 Å². The highest BCUT2D eigenvalue weighted by atomic mass is 19.1. The molecule has 0 saturated heterocycles. The third kappa shape index (κ3) is 3.15. The molecule has 4 heterocycles. The van der Waals surface area contributed by atoms with Gasteiger partial charge in [-0.2, -0.15) is 0 Å². The number of rotatable bonds is 2. The molecule has 4 aromatic heterocycles.